The molecule has 1 atom stereocenters. The zero-order valence-corrected chi connectivity index (χ0v) is 13.7. The van der Waals surface area contributed by atoms with Gasteiger partial charge in [-0.25, -0.2) is 9.97 Å². The molecule has 0 amide bonds. The SMILES string of the molecule is Cc1ccc(CN2CCC3(CCCN(c4ncccn4)C3)C2)o1. The lowest BCUT2D eigenvalue weighted by Crippen LogP contribution is -2.45. The first kappa shape index (κ1) is 14.7. The summed E-state index contributed by atoms with van der Waals surface area (Å²) in [5.41, 5.74) is 0.388. The van der Waals surface area contributed by atoms with Crippen LogP contribution < -0.4 is 4.90 Å². The van der Waals surface area contributed by atoms with Crippen LogP contribution in [0.25, 0.3) is 0 Å². The monoisotopic (exact) mass is 312 g/mol. The van der Waals surface area contributed by atoms with Crippen molar-refractivity contribution in [2.24, 2.45) is 5.41 Å². The molecule has 2 fully saturated rings. The summed E-state index contributed by atoms with van der Waals surface area (Å²) in [4.78, 5) is 13.8. The lowest BCUT2D eigenvalue weighted by molar-refractivity contribution is 0.208. The van der Waals surface area contributed by atoms with E-state index in [0.29, 0.717) is 5.41 Å². The topological polar surface area (TPSA) is 45.4 Å². The number of nitrogens with zero attached hydrogens (tertiary/aromatic N) is 4. The Kier molecular flexibility index (Phi) is 3.81. The summed E-state index contributed by atoms with van der Waals surface area (Å²) in [7, 11) is 0. The molecule has 2 aliphatic rings. The minimum Gasteiger partial charge on any atom is -0.465 e. The van der Waals surface area contributed by atoms with Crippen molar-refractivity contribution in [1.29, 1.82) is 0 Å². The molecule has 1 unspecified atom stereocenters. The Morgan fingerprint density at radius 3 is 2.78 bits per heavy atom. The predicted octanol–water partition coefficient (Wildman–Crippen LogP) is 2.87. The van der Waals surface area contributed by atoms with Crippen molar-refractivity contribution in [3.63, 3.8) is 0 Å². The first-order valence-corrected chi connectivity index (χ1v) is 8.52. The van der Waals surface area contributed by atoms with Gasteiger partial charge in [-0.05, 0) is 50.9 Å². The van der Waals surface area contributed by atoms with Crippen molar-refractivity contribution >= 4 is 5.95 Å². The fourth-order valence-electron chi connectivity index (χ4n) is 4.12. The number of likely N-dealkylation sites (tertiary alicyclic amines) is 1. The summed E-state index contributed by atoms with van der Waals surface area (Å²) >= 11 is 0. The van der Waals surface area contributed by atoms with Crippen LogP contribution in [-0.4, -0.2) is 41.0 Å². The molecule has 0 bridgehead atoms. The van der Waals surface area contributed by atoms with Crippen molar-refractivity contribution in [3.8, 4) is 0 Å². The second-order valence-electron chi connectivity index (χ2n) is 7.05. The third kappa shape index (κ3) is 3.11. The maximum atomic E-state index is 5.74. The van der Waals surface area contributed by atoms with E-state index < -0.39 is 0 Å². The average molecular weight is 312 g/mol. The molecule has 0 aliphatic carbocycles. The van der Waals surface area contributed by atoms with Gasteiger partial charge in [0.05, 0.1) is 6.54 Å². The number of piperidine rings is 1. The minimum absolute atomic E-state index is 0.388. The fourth-order valence-corrected chi connectivity index (χ4v) is 4.12. The number of aryl methyl sites for hydroxylation is 1. The van der Waals surface area contributed by atoms with Crippen LogP contribution in [0.3, 0.4) is 0 Å². The lowest BCUT2D eigenvalue weighted by Gasteiger charge is -2.40. The summed E-state index contributed by atoms with van der Waals surface area (Å²) in [6.07, 6.45) is 7.47. The van der Waals surface area contributed by atoms with Gasteiger partial charge in [-0.15, -0.1) is 0 Å². The van der Waals surface area contributed by atoms with Gasteiger partial charge in [-0.1, -0.05) is 0 Å². The zero-order chi connectivity index (χ0) is 15.7. The summed E-state index contributed by atoms with van der Waals surface area (Å²) < 4.78 is 5.74. The van der Waals surface area contributed by atoms with Gasteiger partial charge in [-0.2, -0.15) is 0 Å². The highest BCUT2D eigenvalue weighted by molar-refractivity contribution is 5.30. The van der Waals surface area contributed by atoms with Crippen LogP contribution in [0.15, 0.2) is 35.0 Å². The summed E-state index contributed by atoms with van der Waals surface area (Å²) in [5.74, 6) is 2.96. The highest BCUT2D eigenvalue weighted by Crippen LogP contribution is 2.40. The Morgan fingerprint density at radius 1 is 1.13 bits per heavy atom. The van der Waals surface area contributed by atoms with E-state index in [0.717, 1.165) is 50.2 Å². The largest absolute Gasteiger partial charge is 0.465 e. The molecule has 2 aromatic heterocycles. The molecule has 122 valence electrons. The molecule has 2 aromatic rings. The Hall–Kier alpha value is -1.88. The van der Waals surface area contributed by atoms with E-state index in [2.05, 4.69) is 31.9 Å². The lowest BCUT2D eigenvalue weighted by atomic mass is 9.79. The second kappa shape index (κ2) is 5.96. The number of furan rings is 1. The van der Waals surface area contributed by atoms with Crippen LogP contribution >= 0.6 is 0 Å². The van der Waals surface area contributed by atoms with E-state index in [4.69, 9.17) is 4.42 Å². The van der Waals surface area contributed by atoms with Crippen molar-refractivity contribution in [2.45, 2.75) is 32.7 Å². The highest BCUT2D eigenvalue weighted by atomic mass is 16.3. The molecule has 0 radical (unpaired) electrons. The van der Waals surface area contributed by atoms with Crippen molar-refractivity contribution in [1.82, 2.24) is 14.9 Å². The van der Waals surface area contributed by atoms with Crippen LogP contribution in [0.2, 0.25) is 0 Å². The second-order valence-corrected chi connectivity index (χ2v) is 7.05. The minimum atomic E-state index is 0.388. The van der Waals surface area contributed by atoms with E-state index in [1.54, 1.807) is 0 Å². The maximum absolute atomic E-state index is 5.74. The smallest absolute Gasteiger partial charge is 0.225 e. The summed E-state index contributed by atoms with van der Waals surface area (Å²) in [6, 6.07) is 6.04. The molecule has 2 aliphatic heterocycles. The number of rotatable bonds is 3. The predicted molar refractivity (Wildman–Crippen MR) is 89.3 cm³/mol. The van der Waals surface area contributed by atoms with Crippen LogP contribution in [0.1, 0.15) is 30.8 Å². The summed E-state index contributed by atoms with van der Waals surface area (Å²) in [5, 5.41) is 0. The third-order valence-electron chi connectivity index (χ3n) is 5.19. The Labute approximate surface area is 137 Å². The third-order valence-corrected chi connectivity index (χ3v) is 5.19. The van der Waals surface area contributed by atoms with Gasteiger partial charge in [0.1, 0.15) is 11.5 Å². The summed E-state index contributed by atoms with van der Waals surface area (Å²) in [6.45, 7) is 7.39. The first-order valence-electron chi connectivity index (χ1n) is 8.52. The van der Waals surface area contributed by atoms with E-state index in [1.807, 2.05) is 25.4 Å². The molecule has 0 saturated carbocycles. The highest BCUT2D eigenvalue weighted by Gasteiger charge is 2.41. The molecular weight excluding hydrogens is 288 g/mol. The zero-order valence-electron chi connectivity index (χ0n) is 13.7. The number of anilines is 1. The first-order chi connectivity index (χ1) is 11.2. The van der Waals surface area contributed by atoms with Gasteiger partial charge >= 0.3 is 0 Å². The Balaban J connectivity index is 1.42. The number of hydrogen-bond acceptors (Lipinski definition) is 5. The molecule has 4 heterocycles. The number of aromatic nitrogens is 2. The normalized spacial score (nSPS) is 25.3. The average Bonchev–Trinajstić information content (AvgIpc) is 3.15. The molecule has 2 saturated heterocycles. The van der Waals surface area contributed by atoms with E-state index in [1.165, 1.54) is 19.3 Å². The van der Waals surface area contributed by atoms with E-state index >= 15 is 0 Å². The maximum Gasteiger partial charge on any atom is 0.225 e. The van der Waals surface area contributed by atoms with E-state index in [-0.39, 0.29) is 0 Å². The van der Waals surface area contributed by atoms with Gasteiger partial charge in [0.25, 0.3) is 0 Å². The molecule has 0 aromatic carbocycles. The van der Waals surface area contributed by atoms with Crippen LogP contribution in [0.4, 0.5) is 5.95 Å². The van der Waals surface area contributed by atoms with Crippen molar-refractivity contribution in [2.75, 3.05) is 31.1 Å². The van der Waals surface area contributed by atoms with Gasteiger partial charge in [0.2, 0.25) is 5.95 Å². The Morgan fingerprint density at radius 2 is 2.00 bits per heavy atom. The van der Waals surface area contributed by atoms with Crippen molar-refractivity contribution < 1.29 is 4.42 Å². The molecular formula is C18H24N4O. The Bertz CT molecular complexity index is 656. The molecule has 0 N–H and O–H groups in total. The molecule has 1 spiro atoms. The van der Waals surface area contributed by atoms with E-state index in [9.17, 15) is 0 Å². The van der Waals surface area contributed by atoms with Gasteiger partial charge in [-0.3, -0.25) is 4.90 Å². The molecule has 4 rings (SSSR count). The molecule has 5 nitrogen and oxygen atoms in total. The quantitative estimate of drug-likeness (QED) is 0.872. The molecule has 5 heteroatoms. The van der Waals surface area contributed by atoms with Crippen LogP contribution in [0, 0.1) is 12.3 Å². The van der Waals surface area contributed by atoms with Crippen molar-refractivity contribution in [3.05, 3.63) is 42.1 Å². The molecule has 23 heavy (non-hydrogen) atoms. The van der Waals surface area contributed by atoms with Gasteiger partial charge in [0, 0.05) is 37.4 Å². The number of hydrogen-bond donors (Lipinski definition) is 0. The van der Waals surface area contributed by atoms with Gasteiger partial charge in [0.15, 0.2) is 0 Å². The van der Waals surface area contributed by atoms with Crippen LogP contribution in [0.5, 0.6) is 0 Å². The standard InChI is InChI=1S/C18H24N4O/c1-15-4-5-16(23-15)12-21-11-7-18(13-21)6-2-10-22(14-18)17-19-8-3-9-20-17/h3-5,8-9H,2,6-7,10-14H2,1H3. The van der Waals surface area contributed by atoms with Gasteiger partial charge < -0.3 is 9.32 Å². The fraction of sp³-hybridized carbons (Fsp3) is 0.556. The van der Waals surface area contributed by atoms with Crippen LogP contribution in [-0.2, 0) is 6.54 Å².